The summed E-state index contributed by atoms with van der Waals surface area (Å²) in [6.07, 6.45) is 1.90. The molecule has 0 aliphatic heterocycles. The van der Waals surface area contributed by atoms with Crippen molar-refractivity contribution in [2.24, 2.45) is 0 Å². The second kappa shape index (κ2) is 6.93. The largest absolute Gasteiger partial charge is 0.465 e. The number of rotatable bonds is 5. The van der Waals surface area contributed by atoms with Crippen LogP contribution in [-0.2, 0) is 9.53 Å². The van der Waals surface area contributed by atoms with Gasteiger partial charge in [-0.1, -0.05) is 12.1 Å². The first kappa shape index (κ1) is 15.8. The summed E-state index contributed by atoms with van der Waals surface area (Å²) in [6.45, 7) is 1.66. The molecule has 1 aromatic rings. The van der Waals surface area contributed by atoms with E-state index in [4.69, 9.17) is 4.74 Å². The molecule has 0 heterocycles. The number of amides is 3. The molecule has 1 fully saturated rings. The van der Waals surface area contributed by atoms with E-state index < -0.39 is 17.9 Å². The van der Waals surface area contributed by atoms with Crippen LogP contribution in [-0.4, -0.2) is 37.6 Å². The first-order valence-corrected chi connectivity index (χ1v) is 7.03. The predicted molar refractivity (Wildman–Crippen MR) is 80.7 cm³/mol. The Hall–Kier alpha value is -2.57. The molecular weight excluding hydrogens is 286 g/mol. The molecule has 0 spiro atoms. The van der Waals surface area contributed by atoms with Crippen molar-refractivity contribution in [1.82, 2.24) is 10.6 Å². The number of ether oxygens (including phenoxy) is 1. The van der Waals surface area contributed by atoms with E-state index in [1.54, 1.807) is 25.1 Å². The molecule has 22 heavy (non-hydrogen) atoms. The van der Waals surface area contributed by atoms with E-state index >= 15 is 0 Å². The molecule has 0 unspecified atom stereocenters. The number of aryl methyl sites for hydroxylation is 1. The van der Waals surface area contributed by atoms with Crippen LogP contribution < -0.4 is 16.0 Å². The number of carbonyl (C=O) groups is 3. The van der Waals surface area contributed by atoms with Crippen LogP contribution in [0.3, 0.4) is 0 Å². The number of benzene rings is 1. The van der Waals surface area contributed by atoms with E-state index in [0.29, 0.717) is 11.3 Å². The third-order valence-electron chi connectivity index (χ3n) is 3.27. The Morgan fingerprint density at radius 3 is 2.64 bits per heavy atom. The Bertz CT molecular complexity index is 596. The zero-order valence-electron chi connectivity index (χ0n) is 12.6. The minimum atomic E-state index is -0.494. The number of anilines is 1. The summed E-state index contributed by atoms with van der Waals surface area (Å²) < 4.78 is 4.74. The molecule has 0 radical (unpaired) electrons. The summed E-state index contributed by atoms with van der Waals surface area (Å²) >= 11 is 0. The second-order valence-electron chi connectivity index (χ2n) is 5.14. The molecule has 2 rings (SSSR count). The Labute approximate surface area is 128 Å². The lowest BCUT2D eigenvalue weighted by molar-refractivity contribution is -0.118. The van der Waals surface area contributed by atoms with Crippen molar-refractivity contribution in [3.05, 3.63) is 29.3 Å². The van der Waals surface area contributed by atoms with Gasteiger partial charge >= 0.3 is 12.0 Å². The monoisotopic (exact) mass is 305 g/mol. The highest BCUT2D eigenvalue weighted by atomic mass is 16.5. The molecule has 118 valence electrons. The molecule has 1 aliphatic carbocycles. The van der Waals surface area contributed by atoms with Crippen LogP contribution >= 0.6 is 0 Å². The molecular formula is C15H19N3O4. The minimum absolute atomic E-state index is 0.120. The molecule has 1 saturated carbocycles. The Balaban J connectivity index is 1.93. The Kier molecular flexibility index (Phi) is 4.98. The molecule has 7 nitrogen and oxygen atoms in total. The smallest absolute Gasteiger partial charge is 0.340 e. The number of esters is 1. The zero-order chi connectivity index (χ0) is 16.1. The van der Waals surface area contributed by atoms with Crippen molar-refractivity contribution >= 4 is 23.6 Å². The highest BCUT2D eigenvalue weighted by molar-refractivity contribution is 5.99. The topological polar surface area (TPSA) is 96.5 Å². The van der Waals surface area contributed by atoms with E-state index in [1.165, 1.54) is 7.11 Å². The van der Waals surface area contributed by atoms with Crippen molar-refractivity contribution in [2.75, 3.05) is 19.0 Å². The van der Waals surface area contributed by atoms with Gasteiger partial charge in [-0.05, 0) is 31.4 Å². The van der Waals surface area contributed by atoms with Crippen LogP contribution in [0, 0.1) is 6.92 Å². The van der Waals surface area contributed by atoms with Crippen molar-refractivity contribution in [2.45, 2.75) is 25.8 Å². The first-order chi connectivity index (χ1) is 10.5. The van der Waals surface area contributed by atoms with E-state index in [-0.39, 0.29) is 12.6 Å². The number of methoxy groups -OCH3 is 1. The SMILES string of the molecule is COC(=O)c1c(C)cccc1NCC(=O)NC(=O)NC1CC1. The molecule has 0 bridgehead atoms. The summed E-state index contributed by atoms with van der Waals surface area (Å²) in [5.74, 6) is -0.956. The molecule has 3 N–H and O–H groups in total. The van der Waals surface area contributed by atoms with Crippen molar-refractivity contribution in [3.8, 4) is 0 Å². The van der Waals surface area contributed by atoms with Crippen LogP contribution in [0.25, 0.3) is 0 Å². The maximum Gasteiger partial charge on any atom is 0.340 e. The normalized spacial score (nSPS) is 13.2. The van der Waals surface area contributed by atoms with Gasteiger partial charge in [-0.2, -0.15) is 0 Å². The average Bonchev–Trinajstić information content (AvgIpc) is 3.28. The van der Waals surface area contributed by atoms with Gasteiger partial charge in [-0.25, -0.2) is 9.59 Å². The van der Waals surface area contributed by atoms with Gasteiger partial charge in [0, 0.05) is 11.7 Å². The van der Waals surface area contributed by atoms with Gasteiger partial charge in [0.2, 0.25) is 5.91 Å². The molecule has 7 heteroatoms. The molecule has 3 amide bonds. The van der Waals surface area contributed by atoms with Gasteiger partial charge in [-0.15, -0.1) is 0 Å². The number of hydrogen-bond donors (Lipinski definition) is 3. The Morgan fingerprint density at radius 2 is 2.00 bits per heavy atom. The molecule has 0 aromatic heterocycles. The van der Waals surface area contributed by atoms with Crippen molar-refractivity contribution in [3.63, 3.8) is 0 Å². The fraction of sp³-hybridized carbons (Fsp3) is 0.400. The van der Waals surface area contributed by atoms with Gasteiger partial charge in [0.05, 0.1) is 19.2 Å². The fourth-order valence-electron chi connectivity index (χ4n) is 1.98. The molecule has 0 saturated heterocycles. The fourth-order valence-corrected chi connectivity index (χ4v) is 1.98. The lowest BCUT2D eigenvalue weighted by atomic mass is 10.1. The maximum absolute atomic E-state index is 11.8. The lowest BCUT2D eigenvalue weighted by Crippen LogP contribution is -2.42. The van der Waals surface area contributed by atoms with E-state index in [1.807, 2.05) is 0 Å². The molecule has 1 aliphatic rings. The zero-order valence-corrected chi connectivity index (χ0v) is 12.6. The number of nitrogens with one attached hydrogen (secondary N) is 3. The van der Waals surface area contributed by atoms with Gasteiger partial charge in [0.15, 0.2) is 0 Å². The third-order valence-corrected chi connectivity index (χ3v) is 3.27. The second-order valence-corrected chi connectivity index (χ2v) is 5.14. The number of carbonyl (C=O) groups excluding carboxylic acids is 3. The van der Waals surface area contributed by atoms with Crippen LogP contribution in [0.1, 0.15) is 28.8 Å². The Morgan fingerprint density at radius 1 is 1.27 bits per heavy atom. The average molecular weight is 305 g/mol. The van der Waals surface area contributed by atoms with Crippen molar-refractivity contribution < 1.29 is 19.1 Å². The lowest BCUT2D eigenvalue weighted by Gasteiger charge is -2.12. The van der Waals surface area contributed by atoms with Crippen LogP contribution in [0.5, 0.6) is 0 Å². The molecule has 0 atom stereocenters. The van der Waals surface area contributed by atoms with Crippen molar-refractivity contribution in [1.29, 1.82) is 0 Å². The predicted octanol–water partition coefficient (Wildman–Crippen LogP) is 1.18. The van der Waals surface area contributed by atoms with Gasteiger partial charge < -0.3 is 15.4 Å². The highest BCUT2D eigenvalue weighted by Gasteiger charge is 2.24. The summed E-state index contributed by atoms with van der Waals surface area (Å²) in [4.78, 5) is 34.9. The first-order valence-electron chi connectivity index (χ1n) is 7.03. The maximum atomic E-state index is 11.8. The highest BCUT2D eigenvalue weighted by Crippen LogP contribution is 2.20. The summed E-state index contributed by atoms with van der Waals surface area (Å²) in [6, 6.07) is 4.91. The van der Waals surface area contributed by atoms with E-state index in [0.717, 1.165) is 18.4 Å². The number of urea groups is 1. The van der Waals surface area contributed by atoms with E-state index in [9.17, 15) is 14.4 Å². The van der Waals surface area contributed by atoms with Gasteiger partial charge in [0.1, 0.15) is 0 Å². The minimum Gasteiger partial charge on any atom is -0.465 e. The summed E-state index contributed by atoms with van der Waals surface area (Å²) in [5, 5.41) is 7.74. The van der Waals surface area contributed by atoms with E-state index in [2.05, 4.69) is 16.0 Å². The number of hydrogen-bond acceptors (Lipinski definition) is 5. The molecule has 1 aromatic carbocycles. The van der Waals surface area contributed by atoms with Gasteiger partial charge in [-0.3, -0.25) is 10.1 Å². The standard InChI is InChI=1S/C15H19N3O4/c1-9-4-3-5-11(13(9)14(20)22-2)16-8-12(19)18-15(21)17-10-6-7-10/h3-5,10,16H,6-8H2,1-2H3,(H2,17,18,19,21). The van der Waals surface area contributed by atoms with Crippen LogP contribution in [0.15, 0.2) is 18.2 Å². The number of imide groups is 1. The van der Waals surface area contributed by atoms with Gasteiger partial charge in [0.25, 0.3) is 0 Å². The summed E-state index contributed by atoms with van der Waals surface area (Å²) in [7, 11) is 1.30. The van der Waals surface area contributed by atoms with Crippen LogP contribution in [0.2, 0.25) is 0 Å². The van der Waals surface area contributed by atoms with Crippen LogP contribution in [0.4, 0.5) is 10.5 Å². The third kappa shape index (κ3) is 4.21. The quantitative estimate of drug-likeness (QED) is 0.710. The summed E-state index contributed by atoms with van der Waals surface area (Å²) in [5.41, 5.74) is 1.61.